The second-order valence-corrected chi connectivity index (χ2v) is 6.05. The predicted octanol–water partition coefficient (Wildman–Crippen LogP) is 4.44. The van der Waals surface area contributed by atoms with Crippen molar-refractivity contribution in [2.75, 3.05) is 24.6 Å². The lowest BCUT2D eigenvalue weighted by atomic mass is 10.1. The molecule has 1 saturated heterocycles. The lowest BCUT2D eigenvalue weighted by Crippen LogP contribution is -2.40. The van der Waals surface area contributed by atoms with Crippen LogP contribution in [0.1, 0.15) is 17.2 Å². The van der Waals surface area contributed by atoms with Crippen molar-refractivity contribution >= 4 is 21.7 Å². The monoisotopic (exact) mass is 386 g/mol. The van der Waals surface area contributed by atoms with E-state index in [2.05, 4.69) is 20.9 Å². The molecule has 1 aliphatic heterocycles. The third-order valence-corrected chi connectivity index (χ3v) is 4.43. The quantitative estimate of drug-likeness (QED) is 0.762. The Kier molecular flexibility index (Phi) is 4.59. The summed E-state index contributed by atoms with van der Waals surface area (Å²) >= 11 is 3.46. The molecule has 0 radical (unpaired) electrons. The zero-order chi connectivity index (χ0) is 16.4. The number of alkyl halides is 3. The number of anilines is 1. The van der Waals surface area contributed by atoms with Crippen LogP contribution >= 0.6 is 15.9 Å². The summed E-state index contributed by atoms with van der Waals surface area (Å²) in [6, 6.07) is 9.92. The minimum Gasteiger partial charge on any atom is -0.370 e. The average Bonchev–Trinajstić information content (AvgIpc) is 2.55. The lowest BCUT2D eigenvalue weighted by Gasteiger charge is -2.35. The van der Waals surface area contributed by atoms with Crippen molar-refractivity contribution in [3.05, 3.63) is 58.2 Å². The molecule has 1 aromatic heterocycles. The fraction of sp³-hybridized carbons (Fsp3) is 0.312. The van der Waals surface area contributed by atoms with E-state index in [-0.39, 0.29) is 11.9 Å². The van der Waals surface area contributed by atoms with Gasteiger partial charge in [0.25, 0.3) is 0 Å². The summed E-state index contributed by atoms with van der Waals surface area (Å²) in [5, 5.41) is 0. The Hall–Kier alpha value is -1.60. The first-order chi connectivity index (χ1) is 11.0. The molecule has 2 aromatic rings. The van der Waals surface area contributed by atoms with Crippen LogP contribution in [0.4, 0.5) is 19.0 Å². The number of pyridine rings is 1. The first kappa shape index (κ1) is 16.3. The molecule has 0 amide bonds. The largest absolute Gasteiger partial charge is 0.419 e. The molecule has 0 N–H and O–H groups in total. The lowest BCUT2D eigenvalue weighted by molar-refractivity contribution is -0.137. The molecule has 3 nitrogen and oxygen atoms in total. The molecule has 1 aliphatic rings. The SMILES string of the molecule is FC(F)(F)c1cccnc1N1CCO[C@@H](c2ccccc2Br)C1. The number of hydrogen-bond donors (Lipinski definition) is 0. The van der Waals surface area contributed by atoms with Gasteiger partial charge < -0.3 is 9.64 Å². The predicted molar refractivity (Wildman–Crippen MR) is 84.3 cm³/mol. The molecule has 0 aliphatic carbocycles. The fourth-order valence-electron chi connectivity index (χ4n) is 2.64. The summed E-state index contributed by atoms with van der Waals surface area (Å²) in [5.41, 5.74) is 0.203. The van der Waals surface area contributed by atoms with E-state index >= 15 is 0 Å². The second kappa shape index (κ2) is 6.49. The number of rotatable bonds is 2. The van der Waals surface area contributed by atoms with Crippen molar-refractivity contribution in [2.24, 2.45) is 0 Å². The van der Waals surface area contributed by atoms with E-state index in [4.69, 9.17) is 4.74 Å². The molecule has 122 valence electrons. The highest BCUT2D eigenvalue weighted by Crippen LogP contribution is 2.37. The second-order valence-electron chi connectivity index (χ2n) is 5.20. The summed E-state index contributed by atoms with van der Waals surface area (Å²) in [6.45, 7) is 1.05. The Morgan fingerprint density at radius 3 is 2.70 bits per heavy atom. The van der Waals surface area contributed by atoms with Gasteiger partial charge in [-0.2, -0.15) is 13.2 Å². The fourth-order valence-corrected chi connectivity index (χ4v) is 3.18. The molecule has 1 fully saturated rings. The van der Waals surface area contributed by atoms with Crippen molar-refractivity contribution in [2.45, 2.75) is 12.3 Å². The number of morpholine rings is 1. The number of ether oxygens (including phenoxy) is 1. The van der Waals surface area contributed by atoms with Gasteiger partial charge in [-0.1, -0.05) is 34.1 Å². The van der Waals surface area contributed by atoms with Crippen LogP contribution < -0.4 is 4.90 Å². The van der Waals surface area contributed by atoms with Crippen molar-refractivity contribution < 1.29 is 17.9 Å². The highest BCUT2D eigenvalue weighted by Gasteiger charge is 2.37. The van der Waals surface area contributed by atoms with Crippen molar-refractivity contribution in [1.82, 2.24) is 4.98 Å². The summed E-state index contributed by atoms with van der Waals surface area (Å²) in [6.07, 6.45) is -3.35. The van der Waals surface area contributed by atoms with Crippen molar-refractivity contribution in [1.29, 1.82) is 0 Å². The Morgan fingerprint density at radius 1 is 1.17 bits per heavy atom. The van der Waals surface area contributed by atoms with E-state index in [1.165, 1.54) is 12.3 Å². The molecule has 0 spiro atoms. The normalized spacial score (nSPS) is 19.0. The van der Waals surface area contributed by atoms with Gasteiger partial charge in [0.2, 0.25) is 0 Å². The van der Waals surface area contributed by atoms with Gasteiger partial charge in [0.05, 0.1) is 12.2 Å². The molecule has 0 bridgehead atoms. The summed E-state index contributed by atoms with van der Waals surface area (Å²) < 4.78 is 46.2. The summed E-state index contributed by atoms with van der Waals surface area (Å²) in [4.78, 5) is 5.59. The Labute approximate surface area is 140 Å². The topological polar surface area (TPSA) is 25.4 Å². The van der Waals surface area contributed by atoms with Gasteiger partial charge in [0.15, 0.2) is 0 Å². The van der Waals surface area contributed by atoms with Crippen LogP contribution in [0, 0.1) is 0 Å². The minimum atomic E-state index is -4.43. The highest BCUT2D eigenvalue weighted by atomic mass is 79.9. The van der Waals surface area contributed by atoms with Crippen molar-refractivity contribution in [3.8, 4) is 0 Å². The number of hydrogen-bond acceptors (Lipinski definition) is 3. The molecule has 2 heterocycles. The first-order valence-corrected chi connectivity index (χ1v) is 7.89. The van der Waals surface area contributed by atoms with Crippen LogP contribution in [0.15, 0.2) is 47.1 Å². The average molecular weight is 387 g/mol. The zero-order valence-corrected chi connectivity index (χ0v) is 13.6. The smallest absolute Gasteiger partial charge is 0.370 e. The molecular formula is C16H14BrF3N2O. The molecular weight excluding hydrogens is 373 g/mol. The number of nitrogens with zero attached hydrogens (tertiary/aromatic N) is 2. The van der Waals surface area contributed by atoms with E-state index in [1.807, 2.05) is 24.3 Å². The molecule has 7 heteroatoms. The maximum Gasteiger partial charge on any atom is 0.419 e. The maximum absolute atomic E-state index is 13.2. The van der Waals surface area contributed by atoms with Gasteiger partial charge in [-0.3, -0.25) is 0 Å². The first-order valence-electron chi connectivity index (χ1n) is 7.10. The maximum atomic E-state index is 13.2. The zero-order valence-electron chi connectivity index (χ0n) is 12.1. The van der Waals surface area contributed by atoms with Crippen LogP contribution in [0.2, 0.25) is 0 Å². The number of aromatic nitrogens is 1. The third kappa shape index (κ3) is 3.50. The third-order valence-electron chi connectivity index (χ3n) is 3.71. The molecule has 3 rings (SSSR count). The molecule has 1 atom stereocenters. The van der Waals surface area contributed by atoms with E-state index in [1.54, 1.807) is 4.90 Å². The molecule has 0 unspecified atom stereocenters. The van der Waals surface area contributed by atoms with Crippen molar-refractivity contribution in [3.63, 3.8) is 0 Å². The molecule has 0 saturated carbocycles. The van der Waals surface area contributed by atoms with E-state index in [0.717, 1.165) is 16.1 Å². The standard InChI is InChI=1S/C16H14BrF3N2O/c17-13-6-2-1-4-11(13)14-10-22(8-9-23-14)15-12(16(18,19)20)5-3-7-21-15/h1-7,14H,8-10H2/t14-/m1/s1. The van der Waals surface area contributed by atoms with E-state index in [9.17, 15) is 13.2 Å². The number of benzene rings is 1. The highest BCUT2D eigenvalue weighted by molar-refractivity contribution is 9.10. The van der Waals surface area contributed by atoms with Crippen LogP contribution in [0.3, 0.4) is 0 Å². The number of halogens is 4. The van der Waals surface area contributed by atoms with Crippen LogP contribution in [-0.4, -0.2) is 24.7 Å². The minimum absolute atomic E-state index is 0.0413. The Morgan fingerprint density at radius 2 is 1.96 bits per heavy atom. The summed E-state index contributed by atoms with van der Waals surface area (Å²) in [7, 11) is 0. The van der Waals surface area contributed by atoms with Gasteiger partial charge in [-0.15, -0.1) is 0 Å². The van der Waals surface area contributed by atoms with Gasteiger partial charge in [-0.05, 0) is 23.8 Å². The summed E-state index contributed by atoms with van der Waals surface area (Å²) in [5.74, 6) is -0.0413. The van der Waals surface area contributed by atoms with Crippen LogP contribution in [0.25, 0.3) is 0 Å². The Balaban J connectivity index is 1.89. The molecule has 1 aromatic carbocycles. The van der Waals surface area contributed by atoms with Gasteiger partial charge in [-0.25, -0.2) is 4.98 Å². The Bertz CT molecular complexity index is 693. The van der Waals surface area contributed by atoms with E-state index < -0.39 is 11.7 Å². The van der Waals surface area contributed by atoms with Gasteiger partial charge >= 0.3 is 6.18 Å². The van der Waals surface area contributed by atoms with Gasteiger partial charge in [0, 0.05) is 23.8 Å². The van der Waals surface area contributed by atoms with Crippen LogP contribution in [0.5, 0.6) is 0 Å². The molecule has 23 heavy (non-hydrogen) atoms. The van der Waals surface area contributed by atoms with Gasteiger partial charge in [0.1, 0.15) is 11.9 Å². The van der Waals surface area contributed by atoms with Crippen LogP contribution in [-0.2, 0) is 10.9 Å². The van der Waals surface area contributed by atoms with E-state index in [0.29, 0.717) is 19.7 Å².